The normalized spacial score (nSPS) is 21.2. The first-order valence-electron chi connectivity index (χ1n) is 6.88. The van der Waals surface area contributed by atoms with Gasteiger partial charge in [0.05, 0.1) is 11.8 Å². The van der Waals surface area contributed by atoms with Crippen molar-refractivity contribution in [2.24, 2.45) is 0 Å². The summed E-state index contributed by atoms with van der Waals surface area (Å²) in [7, 11) is 0. The Labute approximate surface area is 112 Å². The summed E-state index contributed by atoms with van der Waals surface area (Å²) >= 11 is 0. The van der Waals surface area contributed by atoms with Crippen LogP contribution in [0.1, 0.15) is 29.6 Å². The van der Waals surface area contributed by atoms with Crippen LogP contribution in [0, 0.1) is 5.82 Å². The molecule has 2 aliphatic heterocycles. The SMILES string of the molecule is O=C(c1cncc(F)c1)N1CC(N2CCCCC2)C1. The number of aromatic nitrogens is 1. The van der Waals surface area contributed by atoms with E-state index in [2.05, 4.69) is 9.88 Å². The lowest BCUT2D eigenvalue weighted by Crippen LogP contribution is -2.61. The summed E-state index contributed by atoms with van der Waals surface area (Å²) in [6.07, 6.45) is 6.39. The summed E-state index contributed by atoms with van der Waals surface area (Å²) in [6.45, 7) is 3.81. The van der Waals surface area contributed by atoms with Gasteiger partial charge in [0, 0.05) is 25.3 Å². The molecule has 102 valence electrons. The van der Waals surface area contributed by atoms with Crippen LogP contribution in [0.4, 0.5) is 4.39 Å². The van der Waals surface area contributed by atoms with Crippen molar-refractivity contribution < 1.29 is 9.18 Å². The van der Waals surface area contributed by atoms with Crippen LogP contribution in [0.3, 0.4) is 0 Å². The monoisotopic (exact) mass is 263 g/mol. The first-order chi connectivity index (χ1) is 9.24. The van der Waals surface area contributed by atoms with Crippen LogP contribution in [0.15, 0.2) is 18.5 Å². The zero-order chi connectivity index (χ0) is 13.2. The molecule has 5 heteroatoms. The van der Waals surface area contributed by atoms with Crippen molar-refractivity contribution in [2.45, 2.75) is 25.3 Å². The first kappa shape index (κ1) is 12.5. The van der Waals surface area contributed by atoms with Crippen molar-refractivity contribution in [1.29, 1.82) is 0 Å². The molecule has 0 radical (unpaired) electrons. The van der Waals surface area contributed by atoms with E-state index in [1.165, 1.54) is 31.5 Å². The molecule has 0 aromatic carbocycles. The Morgan fingerprint density at radius 1 is 1.21 bits per heavy atom. The van der Waals surface area contributed by atoms with E-state index in [1.807, 2.05) is 0 Å². The van der Waals surface area contributed by atoms with Crippen LogP contribution in [0.2, 0.25) is 0 Å². The van der Waals surface area contributed by atoms with Crippen LogP contribution in [-0.4, -0.2) is 52.9 Å². The maximum Gasteiger partial charge on any atom is 0.255 e. The maximum atomic E-state index is 13.0. The van der Waals surface area contributed by atoms with E-state index in [-0.39, 0.29) is 5.91 Å². The summed E-state index contributed by atoms with van der Waals surface area (Å²) in [5, 5.41) is 0. The van der Waals surface area contributed by atoms with Gasteiger partial charge in [0.25, 0.3) is 5.91 Å². The molecular formula is C14H18FN3O. The van der Waals surface area contributed by atoms with Gasteiger partial charge in [-0.2, -0.15) is 0 Å². The number of halogens is 1. The van der Waals surface area contributed by atoms with Crippen molar-refractivity contribution in [2.75, 3.05) is 26.2 Å². The number of piperidine rings is 1. The molecule has 0 spiro atoms. The second-order valence-corrected chi connectivity index (χ2v) is 5.35. The summed E-state index contributed by atoms with van der Waals surface area (Å²) in [5.74, 6) is -0.570. The Morgan fingerprint density at radius 3 is 2.63 bits per heavy atom. The number of carbonyl (C=O) groups excluding carboxylic acids is 1. The van der Waals surface area contributed by atoms with E-state index in [0.717, 1.165) is 32.4 Å². The fraction of sp³-hybridized carbons (Fsp3) is 0.571. The molecule has 1 amide bonds. The molecule has 0 bridgehead atoms. The number of carbonyl (C=O) groups is 1. The molecular weight excluding hydrogens is 245 g/mol. The van der Waals surface area contributed by atoms with Crippen LogP contribution >= 0.6 is 0 Å². The van der Waals surface area contributed by atoms with E-state index in [1.54, 1.807) is 4.90 Å². The smallest absolute Gasteiger partial charge is 0.255 e. The van der Waals surface area contributed by atoms with Gasteiger partial charge in [0.2, 0.25) is 0 Å². The second kappa shape index (κ2) is 5.25. The van der Waals surface area contributed by atoms with Gasteiger partial charge in [-0.05, 0) is 32.0 Å². The Balaban J connectivity index is 1.56. The molecule has 19 heavy (non-hydrogen) atoms. The zero-order valence-electron chi connectivity index (χ0n) is 10.9. The summed E-state index contributed by atoms with van der Waals surface area (Å²) < 4.78 is 13.0. The highest BCUT2D eigenvalue weighted by molar-refractivity contribution is 5.94. The molecule has 0 atom stereocenters. The van der Waals surface area contributed by atoms with Gasteiger partial charge in [-0.1, -0.05) is 6.42 Å². The van der Waals surface area contributed by atoms with E-state index in [4.69, 9.17) is 0 Å². The quantitative estimate of drug-likeness (QED) is 0.812. The molecule has 2 aliphatic rings. The van der Waals surface area contributed by atoms with Gasteiger partial charge in [-0.15, -0.1) is 0 Å². The minimum Gasteiger partial charge on any atom is -0.335 e. The van der Waals surface area contributed by atoms with E-state index >= 15 is 0 Å². The van der Waals surface area contributed by atoms with E-state index in [9.17, 15) is 9.18 Å². The standard InChI is InChI=1S/C14H18FN3O/c15-12-6-11(7-16-8-12)14(19)18-9-13(10-18)17-4-2-1-3-5-17/h6-8,13H,1-5,9-10H2. The highest BCUT2D eigenvalue weighted by Crippen LogP contribution is 2.21. The minimum atomic E-state index is -0.459. The third-order valence-corrected chi connectivity index (χ3v) is 4.01. The first-order valence-corrected chi connectivity index (χ1v) is 6.88. The van der Waals surface area contributed by atoms with Crippen molar-refractivity contribution in [3.05, 3.63) is 29.8 Å². The fourth-order valence-corrected chi connectivity index (χ4v) is 2.85. The van der Waals surface area contributed by atoms with Gasteiger partial charge in [-0.3, -0.25) is 14.7 Å². The van der Waals surface area contributed by atoms with Gasteiger partial charge >= 0.3 is 0 Å². The zero-order valence-corrected chi connectivity index (χ0v) is 10.9. The van der Waals surface area contributed by atoms with Crippen LogP contribution in [-0.2, 0) is 0 Å². The van der Waals surface area contributed by atoms with Gasteiger partial charge in [0.1, 0.15) is 5.82 Å². The predicted octanol–water partition coefficient (Wildman–Crippen LogP) is 1.53. The largest absolute Gasteiger partial charge is 0.335 e. The average Bonchev–Trinajstić information content (AvgIpc) is 2.38. The van der Waals surface area contributed by atoms with Crippen LogP contribution in [0.5, 0.6) is 0 Å². The third kappa shape index (κ3) is 2.61. The highest BCUT2D eigenvalue weighted by atomic mass is 19.1. The minimum absolute atomic E-state index is 0.111. The molecule has 2 fully saturated rings. The van der Waals surface area contributed by atoms with Crippen LogP contribution < -0.4 is 0 Å². The van der Waals surface area contributed by atoms with Crippen LogP contribution in [0.25, 0.3) is 0 Å². The summed E-state index contributed by atoms with van der Waals surface area (Å²) in [4.78, 5) is 20.1. The number of hydrogen-bond donors (Lipinski definition) is 0. The number of pyridine rings is 1. The fourth-order valence-electron chi connectivity index (χ4n) is 2.85. The lowest BCUT2D eigenvalue weighted by atomic mass is 10.0. The lowest BCUT2D eigenvalue weighted by molar-refractivity contribution is 0.0203. The van der Waals surface area contributed by atoms with Crippen molar-refractivity contribution >= 4 is 5.91 Å². The average molecular weight is 263 g/mol. The van der Waals surface area contributed by atoms with Crippen molar-refractivity contribution in [1.82, 2.24) is 14.8 Å². The highest BCUT2D eigenvalue weighted by Gasteiger charge is 2.35. The number of hydrogen-bond acceptors (Lipinski definition) is 3. The topological polar surface area (TPSA) is 36.4 Å². The van der Waals surface area contributed by atoms with Gasteiger partial charge in [0.15, 0.2) is 0 Å². The van der Waals surface area contributed by atoms with Gasteiger partial charge < -0.3 is 4.90 Å². The summed E-state index contributed by atoms with van der Waals surface area (Å²) in [6, 6.07) is 1.74. The number of amides is 1. The third-order valence-electron chi connectivity index (χ3n) is 4.01. The molecule has 2 saturated heterocycles. The van der Waals surface area contributed by atoms with E-state index < -0.39 is 5.82 Å². The Bertz CT molecular complexity index is 468. The van der Waals surface area contributed by atoms with E-state index in [0.29, 0.717) is 11.6 Å². The summed E-state index contributed by atoms with van der Waals surface area (Å²) in [5.41, 5.74) is 0.345. The molecule has 1 aromatic heterocycles. The lowest BCUT2D eigenvalue weighted by Gasteiger charge is -2.46. The van der Waals surface area contributed by atoms with Crippen molar-refractivity contribution in [3.8, 4) is 0 Å². The molecule has 1 aromatic rings. The number of nitrogens with zero attached hydrogens (tertiary/aromatic N) is 3. The Hall–Kier alpha value is -1.49. The molecule has 0 unspecified atom stereocenters. The maximum absolute atomic E-state index is 13.0. The molecule has 3 rings (SSSR count). The molecule has 0 aliphatic carbocycles. The number of rotatable bonds is 2. The van der Waals surface area contributed by atoms with Crippen molar-refractivity contribution in [3.63, 3.8) is 0 Å². The predicted molar refractivity (Wildman–Crippen MR) is 69.3 cm³/mol. The molecule has 0 N–H and O–H groups in total. The van der Waals surface area contributed by atoms with Gasteiger partial charge in [-0.25, -0.2) is 4.39 Å². The molecule has 3 heterocycles. The second-order valence-electron chi connectivity index (χ2n) is 5.35. The Kier molecular flexibility index (Phi) is 3.46. The molecule has 0 saturated carbocycles. The number of likely N-dealkylation sites (tertiary alicyclic amines) is 2. The molecule has 4 nitrogen and oxygen atoms in total. The Morgan fingerprint density at radius 2 is 1.95 bits per heavy atom.